The lowest BCUT2D eigenvalue weighted by Gasteiger charge is -2.37. The van der Waals surface area contributed by atoms with Gasteiger partial charge in [-0.25, -0.2) is 0 Å². The maximum absolute atomic E-state index is 3.44. The predicted octanol–water partition coefficient (Wildman–Crippen LogP) is 4.62. The Balaban J connectivity index is 1.86. The van der Waals surface area contributed by atoms with Crippen LogP contribution in [0, 0.1) is 23.7 Å². The van der Waals surface area contributed by atoms with Gasteiger partial charge < -0.3 is 5.32 Å². The molecule has 2 rings (SSSR count). The summed E-state index contributed by atoms with van der Waals surface area (Å²) in [5.41, 5.74) is 0. The lowest BCUT2D eigenvalue weighted by molar-refractivity contribution is 0.144. The Hall–Kier alpha value is -0.0400. The topological polar surface area (TPSA) is 12.0 Å². The van der Waals surface area contributed by atoms with Crippen molar-refractivity contribution >= 4 is 0 Å². The molecule has 0 radical (unpaired) electrons. The van der Waals surface area contributed by atoms with Gasteiger partial charge in [-0.2, -0.15) is 0 Å². The molecule has 1 N–H and O–H groups in total. The minimum absolute atomic E-state index is 0.976. The van der Waals surface area contributed by atoms with E-state index >= 15 is 0 Å². The van der Waals surface area contributed by atoms with Gasteiger partial charge in [-0.15, -0.1) is 0 Å². The van der Waals surface area contributed by atoms with E-state index in [2.05, 4.69) is 19.3 Å². The first-order valence-corrected chi connectivity index (χ1v) is 8.48. The van der Waals surface area contributed by atoms with Crippen LogP contribution in [-0.2, 0) is 0 Å². The molecular formula is C17H33N. The summed E-state index contributed by atoms with van der Waals surface area (Å²) in [7, 11) is 2.13. The molecule has 1 heteroatoms. The van der Waals surface area contributed by atoms with E-state index in [0.29, 0.717) is 0 Å². The van der Waals surface area contributed by atoms with E-state index < -0.39 is 0 Å². The van der Waals surface area contributed by atoms with E-state index in [1.165, 1.54) is 64.3 Å². The SMILES string of the molecule is CCCC1CCC(CNC)C(CC2CCCC2)C1. The quantitative estimate of drug-likeness (QED) is 0.726. The van der Waals surface area contributed by atoms with Crippen LogP contribution in [0.5, 0.6) is 0 Å². The van der Waals surface area contributed by atoms with Gasteiger partial charge in [0.15, 0.2) is 0 Å². The highest BCUT2D eigenvalue weighted by atomic mass is 14.8. The second kappa shape index (κ2) is 7.53. The minimum Gasteiger partial charge on any atom is -0.319 e. The average Bonchev–Trinajstić information content (AvgIpc) is 2.86. The van der Waals surface area contributed by atoms with Crippen molar-refractivity contribution in [2.45, 2.75) is 71.1 Å². The maximum atomic E-state index is 3.44. The van der Waals surface area contributed by atoms with E-state index in [9.17, 15) is 0 Å². The Kier molecular flexibility index (Phi) is 6.01. The Morgan fingerprint density at radius 1 is 0.944 bits per heavy atom. The Bertz CT molecular complexity index is 220. The minimum atomic E-state index is 0.976. The van der Waals surface area contributed by atoms with Gasteiger partial charge in [-0.1, -0.05) is 51.9 Å². The zero-order valence-electron chi connectivity index (χ0n) is 12.6. The van der Waals surface area contributed by atoms with Gasteiger partial charge in [-0.3, -0.25) is 0 Å². The second-order valence-electron chi connectivity index (χ2n) is 6.93. The number of nitrogens with one attached hydrogen (secondary N) is 1. The van der Waals surface area contributed by atoms with Crippen molar-refractivity contribution < 1.29 is 0 Å². The van der Waals surface area contributed by atoms with Crippen LogP contribution in [0.4, 0.5) is 0 Å². The molecule has 2 aliphatic carbocycles. The lowest BCUT2D eigenvalue weighted by atomic mass is 9.69. The highest BCUT2D eigenvalue weighted by Gasteiger charge is 2.31. The lowest BCUT2D eigenvalue weighted by Crippen LogP contribution is -2.32. The van der Waals surface area contributed by atoms with Crippen LogP contribution in [0.25, 0.3) is 0 Å². The molecule has 2 saturated carbocycles. The molecular weight excluding hydrogens is 218 g/mol. The molecule has 106 valence electrons. The molecule has 3 unspecified atom stereocenters. The third-order valence-electron chi connectivity index (χ3n) is 5.52. The van der Waals surface area contributed by atoms with E-state index in [-0.39, 0.29) is 0 Å². The van der Waals surface area contributed by atoms with Crippen molar-refractivity contribution in [1.29, 1.82) is 0 Å². The van der Waals surface area contributed by atoms with Gasteiger partial charge >= 0.3 is 0 Å². The summed E-state index contributed by atoms with van der Waals surface area (Å²) >= 11 is 0. The molecule has 1 nitrogen and oxygen atoms in total. The summed E-state index contributed by atoms with van der Waals surface area (Å²) in [5, 5.41) is 3.44. The van der Waals surface area contributed by atoms with E-state index in [0.717, 1.165) is 23.7 Å². The molecule has 0 aromatic carbocycles. The van der Waals surface area contributed by atoms with Crippen molar-refractivity contribution in [2.24, 2.45) is 23.7 Å². The molecule has 0 bridgehead atoms. The molecule has 2 fully saturated rings. The first kappa shape index (κ1) is 14.4. The summed E-state index contributed by atoms with van der Waals surface area (Å²) in [6, 6.07) is 0. The van der Waals surface area contributed by atoms with Crippen molar-refractivity contribution in [2.75, 3.05) is 13.6 Å². The van der Waals surface area contributed by atoms with E-state index in [1.807, 2.05) is 0 Å². The number of hydrogen-bond donors (Lipinski definition) is 1. The smallest absolute Gasteiger partial charge is 0.00209 e. The summed E-state index contributed by atoms with van der Waals surface area (Å²) in [4.78, 5) is 0. The van der Waals surface area contributed by atoms with Crippen molar-refractivity contribution in [3.8, 4) is 0 Å². The monoisotopic (exact) mass is 251 g/mol. The van der Waals surface area contributed by atoms with Crippen molar-refractivity contribution in [1.82, 2.24) is 5.32 Å². The van der Waals surface area contributed by atoms with Crippen LogP contribution in [0.1, 0.15) is 71.1 Å². The first-order chi connectivity index (χ1) is 8.83. The zero-order chi connectivity index (χ0) is 12.8. The van der Waals surface area contributed by atoms with Gasteiger partial charge in [0, 0.05) is 0 Å². The Morgan fingerprint density at radius 2 is 1.72 bits per heavy atom. The average molecular weight is 251 g/mol. The fraction of sp³-hybridized carbons (Fsp3) is 1.00. The molecule has 0 amide bonds. The van der Waals surface area contributed by atoms with Crippen LogP contribution >= 0.6 is 0 Å². The highest BCUT2D eigenvalue weighted by Crippen LogP contribution is 2.42. The summed E-state index contributed by atoms with van der Waals surface area (Å²) in [6.07, 6.45) is 15.0. The third kappa shape index (κ3) is 3.98. The largest absolute Gasteiger partial charge is 0.319 e. The van der Waals surface area contributed by atoms with Crippen LogP contribution in [0.3, 0.4) is 0 Å². The second-order valence-corrected chi connectivity index (χ2v) is 6.93. The molecule has 0 saturated heterocycles. The van der Waals surface area contributed by atoms with Crippen LogP contribution in [0.2, 0.25) is 0 Å². The van der Waals surface area contributed by atoms with Gasteiger partial charge in [0.2, 0.25) is 0 Å². The normalized spacial score (nSPS) is 34.0. The zero-order valence-corrected chi connectivity index (χ0v) is 12.6. The number of hydrogen-bond acceptors (Lipinski definition) is 1. The van der Waals surface area contributed by atoms with Gasteiger partial charge in [0.05, 0.1) is 0 Å². The molecule has 0 heterocycles. The molecule has 2 aliphatic rings. The summed E-state index contributed by atoms with van der Waals surface area (Å²) < 4.78 is 0. The maximum Gasteiger partial charge on any atom is -0.00209 e. The summed E-state index contributed by atoms with van der Waals surface area (Å²) in [6.45, 7) is 3.61. The van der Waals surface area contributed by atoms with E-state index in [1.54, 1.807) is 6.42 Å². The van der Waals surface area contributed by atoms with E-state index in [4.69, 9.17) is 0 Å². The standard InChI is InChI=1S/C17H33N/c1-3-6-14-9-10-16(13-18-2)17(11-14)12-15-7-4-5-8-15/h14-18H,3-13H2,1-2H3. The third-order valence-corrected chi connectivity index (χ3v) is 5.52. The van der Waals surface area contributed by atoms with Crippen LogP contribution in [-0.4, -0.2) is 13.6 Å². The van der Waals surface area contributed by atoms with Crippen LogP contribution < -0.4 is 5.32 Å². The van der Waals surface area contributed by atoms with Gasteiger partial charge in [0.1, 0.15) is 0 Å². The Labute approximate surface area is 114 Å². The van der Waals surface area contributed by atoms with Gasteiger partial charge in [0.25, 0.3) is 0 Å². The van der Waals surface area contributed by atoms with Crippen LogP contribution in [0.15, 0.2) is 0 Å². The Morgan fingerprint density at radius 3 is 2.39 bits per heavy atom. The molecule has 0 aromatic heterocycles. The van der Waals surface area contributed by atoms with Crippen molar-refractivity contribution in [3.05, 3.63) is 0 Å². The highest BCUT2D eigenvalue weighted by molar-refractivity contribution is 4.84. The molecule has 0 aliphatic heterocycles. The predicted molar refractivity (Wildman–Crippen MR) is 79.7 cm³/mol. The van der Waals surface area contributed by atoms with Gasteiger partial charge in [-0.05, 0) is 56.5 Å². The molecule has 18 heavy (non-hydrogen) atoms. The van der Waals surface area contributed by atoms with Crippen molar-refractivity contribution in [3.63, 3.8) is 0 Å². The molecule has 3 atom stereocenters. The fourth-order valence-electron chi connectivity index (χ4n) is 4.59. The first-order valence-electron chi connectivity index (χ1n) is 8.48. The fourth-order valence-corrected chi connectivity index (χ4v) is 4.59. The molecule has 0 aromatic rings. The number of rotatable bonds is 6. The molecule has 0 spiro atoms. The summed E-state index contributed by atoms with van der Waals surface area (Å²) in [5.74, 6) is 4.14.